The first-order valence-corrected chi connectivity index (χ1v) is 6.78. The van der Waals surface area contributed by atoms with Crippen molar-refractivity contribution in [2.75, 3.05) is 0 Å². The Morgan fingerprint density at radius 1 is 1.29 bits per heavy atom. The first-order chi connectivity index (χ1) is 8.21. The first kappa shape index (κ1) is 13.9. The summed E-state index contributed by atoms with van der Waals surface area (Å²) in [5.41, 5.74) is 2.43. The second kappa shape index (κ2) is 7.25. The number of rotatable bonds is 8. The molecule has 1 rings (SSSR count). The van der Waals surface area contributed by atoms with Crippen LogP contribution in [0.3, 0.4) is 0 Å². The Kier molecular flexibility index (Phi) is 5.95. The van der Waals surface area contributed by atoms with E-state index in [9.17, 15) is 4.79 Å². The van der Waals surface area contributed by atoms with Crippen LogP contribution in [-0.2, 0) is 24.2 Å². The molecule has 0 saturated carbocycles. The highest BCUT2D eigenvalue weighted by molar-refractivity contribution is 5.78. The van der Waals surface area contributed by atoms with Gasteiger partial charge in [0.2, 0.25) is 0 Å². The summed E-state index contributed by atoms with van der Waals surface area (Å²) in [6.45, 7) is 7.20. The molecule has 1 heterocycles. The molecule has 0 aliphatic heterocycles. The highest BCUT2D eigenvalue weighted by Gasteiger charge is 2.06. The summed E-state index contributed by atoms with van der Waals surface area (Å²) in [6.07, 6.45) is 5.31. The van der Waals surface area contributed by atoms with Crippen molar-refractivity contribution >= 4 is 5.78 Å². The van der Waals surface area contributed by atoms with Crippen LogP contribution >= 0.6 is 0 Å². The van der Waals surface area contributed by atoms with Crippen LogP contribution in [0.1, 0.15) is 57.8 Å². The van der Waals surface area contributed by atoms with E-state index in [1.807, 2.05) is 0 Å². The van der Waals surface area contributed by atoms with Crippen molar-refractivity contribution in [1.82, 2.24) is 9.78 Å². The molecule has 0 aromatic carbocycles. The Hall–Kier alpha value is -1.12. The number of Topliss-reactive ketones (excluding diaryl/α,β-unsaturated/α-hetero) is 1. The van der Waals surface area contributed by atoms with Gasteiger partial charge in [-0.2, -0.15) is 5.10 Å². The molecule has 0 aliphatic carbocycles. The highest BCUT2D eigenvalue weighted by Crippen LogP contribution is 2.10. The largest absolute Gasteiger partial charge is 0.300 e. The fourth-order valence-corrected chi connectivity index (χ4v) is 2.03. The lowest BCUT2D eigenvalue weighted by atomic mass is 10.1. The number of nitrogens with zero attached hydrogens (tertiary/aromatic N) is 2. The van der Waals surface area contributed by atoms with Crippen molar-refractivity contribution in [3.63, 3.8) is 0 Å². The second-order valence-corrected chi connectivity index (χ2v) is 4.44. The Morgan fingerprint density at radius 3 is 2.65 bits per heavy atom. The Balaban J connectivity index is 2.45. The summed E-state index contributed by atoms with van der Waals surface area (Å²) in [7, 11) is 0. The van der Waals surface area contributed by atoms with Crippen molar-refractivity contribution < 1.29 is 4.79 Å². The molecule has 0 spiro atoms. The van der Waals surface area contributed by atoms with Crippen molar-refractivity contribution in [3.8, 4) is 0 Å². The summed E-state index contributed by atoms with van der Waals surface area (Å²) in [5, 5.41) is 4.51. The van der Waals surface area contributed by atoms with E-state index in [0.29, 0.717) is 12.2 Å². The SMILES string of the molecule is CCCC(=O)CCCc1cc(CC)nn1CC. The number of aryl methyl sites for hydroxylation is 3. The molecule has 0 saturated heterocycles. The molecule has 0 fully saturated rings. The van der Waals surface area contributed by atoms with Gasteiger partial charge < -0.3 is 0 Å². The Morgan fingerprint density at radius 2 is 2.06 bits per heavy atom. The van der Waals surface area contributed by atoms with E-state index in [-0.39, 0.29) is 0 Å². The second-order valence-electron chi connectivity index (χ2n) is 4.44. The van der Waals surface area contributed by atoms with Crippen LogP contribution in [0.5, 0.6) is 0 Å². The van der Waals surface area contributed by atoms with Gasteiger partial charge in [0, 0.05) is 25.1 Å². The molecular formula is C14H24N2O. The average molecular weight is 236 g/mol. The van der Waals surface area contributed by atoms with E-state index < -0.39 is 0 Å². The quantitative estimate of drug-likeness (QED) is 0.695. The molecule has 1 aromatic rings. The predicted molar refractivity (Wildman–Crippen MR) is 70.1 cm³/mol. The summed E-state index contributed by atoms with van der Waals surface area (Å²) < 4.78 is 2.06. The van der Waals surface area contributed by atoms with Crippen molar-refractivity contribution in [1.29, 1.82) is 0 Å². The predicted octanol–water partition coefficient (Wildman–Crippen LogP) is 3.16. The number of carbonyl (C=O) groups is 1. The monoisotopic (exact) mass is 236 g/mol. The lowest BCUT2D eigenvalue weighted by Crippen LogP contribution is -2.04. The van der Waals surface area contributed by atoms with Crippen LogP contribution in [-0.4, -0.2) is 15.6 Å². The van der Waals surface area contributed by atoms with E-state index in [1.165, 1.54) is 5.69 Å². The van der Waals surface area contributed by atoms with E-state index in [0.717, 1.165) is 44.3 Å². The Labute approximate surface area is 104 Å². The number of carbonyl (C=O) groups excluding carboxylic acids is 1. The summed E-state index contributed by atoms with van der Waals surface area (Å²) in [6, 6.07) is 2.17. The van der Waals surface area contributed by atoms with Gasteiger partial charge in [0.25, 0.3) is 0 Å². The van der Waals surface area contributed by atoms with Crippen molar-refractivity contribution in [2.45, 2.75) is 65.8 Å². The smallest absolute Gasteiger partial charge is 0.132 e. The maximum absolute atomic E-state index is 11.4. The fourth-order valence-electron chi connectivity index (χ4n) is 2.03. The van der Waals surface area contributed by atoms with Gasteiger partial charge in [-0.05, 0) is 38.7 Å². The molecule has 0 unspecified atom stereocenters. The number of aromatic nitrogens is 2. The highest BCUT2D eigenvalue weighted by atomic mass is 16.1. The van der Waals surface area contributed by atoms with Crippen LogP contribution in [0.15, 0.2) is 6.07 Å². The zero-order chi connectivity index (χ0) is 12.7. The zero-order valence-electron chi connectivity index (χ0n) is 11.3. The maximum Gasteiger partial charge on any atom is 0.132 e. The molecule has 1 aromatic heterocycles. The third-order valence-corrected chi connectivity index (χ3v) is 2.99. The van der Waals surface area contributed by atoms with Gasteiger partial charge in [-0.3, -0.25) is 9.48 Å². The average Bonchev–Trinajstić information content (AvgIpc) is 2.72. The number of hydrogen-bond acceptors (Lipinski definition) is 2. The van der Waals surface area contributed by atoms with Crippen LogP contribution < -0.4 is 0 Å². The van der Waals surface area contributed by atoms with Gasteiger partial charge >= 0.3 is 0 Å². The number of ketones is 1. The molecule has 0 bridgehead atoms. The van der Waals surface area contributed by atoms with Gasteiger partial charge in [-0.15, -0.1) is 0 Å². The topological polar surface area (TPSA) is 34.9 Å². The van der Waals surface area contributed by atoms with Gasteiger partial charge in [0.1, 0.15) is 5.78 Å². The minimum Gasteiger partial charge on any atom is -0.300 e. The molecule has 0 amide bonds. The van der Waals surface area contributed by atoms with E-state index in [1.54, 1.807) is 0 Å². The maximum atomic E-state index is 11.4. The van der Waals surface area contributed by atoms with Crippen molar-refractivity contribution in [3.05, 3.63) is 17.5 Å². The van der Waals surface area contributed by atoms with E-state index in [2.05, 4.69) is 36.6 Å². The van der Waals surface area contributed by atoms with E-state index in [4.69, 9.17) is 0 Å². The fraction of sp³-hybridized carbons (Fsp3) is 0.714. The molecule has 0 N–H and O–H groups in total. The molecular weight excluding hydrogens is 212 g/mol. The van der Waals surface area contributed by atoms with Gasteiger partial charge in [-0.1, -0.05) is 13.8 Å². The minimum atomic E-state index is 0.394. The molecule has 3 heteroatoms. The van der Waals surface area contributed by atoms with Crippen LogP contribution in [0.4, 0.5) is 0 Å². The van der Waals surface area contributed by atoms with Crippen molar-refractivity contribution in [2.24, 2.45) is 0 Å². The van der Waals surface area contributed by atoms with Gasteiger partial charge in [0.05, 0.1) is 5.69 Å². The van der Waals surface area contributed by atoms with Gasteiger partial charge in [-0.25, -0.2) is 0 Å². The lowest BCUT2D eigenvalue weighted by molar-refractivity contribution is -0.119. The molecule has 96 valence electrons. The van der Waals surface area contributed by atoms with Crippen LogP contribution in [0.25, 0.3) is 0 Å². The first-order valence-electron chi connectivity index (χ1n) is 6.78. The third kappa shape index (κ3) is 4.33. The molecule has 3 nitrogen and oxygen atoms in total. The third-order valence-electron chi connectivity index (χ3n) is 2.99. The van der Waals surface area contributed by atoms with E-state index >= 15 is 0 Å². The van der Waals surface area contributed by atoms with Gasteiger partial charge in [0.15, 0.2) is 0 Å². The normalized spacial score (nSPS) is 10.8. The molecule has 0 atom stereocenters. The minimum absolute atomic E-state index is 0.394. The molecule has 17 heavy (non-hydrogen) atoms. The standard InChI is InChI=1S/C14H24N2O/c1-4-8-14(17)10-7-9-13-11-12(5-2)15-16(13)6-3/h11H,4-10H2,1-3H3. The summed E-state index contributed by atoms with van der Waals surface area (Å²) >= 11 is 0. The summed E-state index contributed by atoms with van der Waals surface area (Å²) in [5.74, 6) is 0.394. The molecule has 0 radical (unpaired) electrons. The molecule has 0 aliphatic rings. The number of hydrogen-bond donors (Lipinski definition) is 0. The van der Waals surface area contributed by atoms with Crippen LogP contribution in [0.2, 0.25) is 0 Å². The van der Waals surface area contributed by atoms with Crippen LogP contribution in [0, 0.1) is 0 Å². The summed E-state index contributed by atoms with van der Waals surface area (Å²) in [4.78, 5) is 11.4. The Bertz CT molecular complexity index is 355. The zero-order valence-corrected chi connectivity index (χ0v) is 11.3. The lowest BCUT2D eigenvalue weighted by Gasteiger charge is -2.03.